The number of aromatic nitrogens is 2. The van der Waals surface area contributed by atoms with Crippen LogP contribution in [0.15, 0.2) is 47.3 Å². The molecule has 12 nitrogen and oxygen atoms in total. The number of carboxylic acids is 2. The lowest BCUT2D eigenvalue weighted by molar-refractivity contribution is -0.140. The smallest absolute Gasteiger partial charge is 0.326 e. The van der Waals surface area contributed by atoms with Gasteiger partial charge in [-0.05, 0) is 48.4 Å². The Bertz CT molecular complexity index is 1370. The second kappa shape index (κ2) is 11.4. The highest BCUT2D eigenvalue weighted by Crippen LogP contribution is 2.21. The zero-order valence-corrected chi connectivity index (χ0v) is 20.3. The van der Waals surface area contributed by atoms with Crippen LogP contribution in [-0.2, 0) is 20.9 Å². The van der Waals surface area contributed by atoms with E-state index in [1.54, 1.807) is 18.2 Å². The number of aromatic amines is 1. The fourth-order valence-electron chi connectivity index (χ4n) is 3.44. The van der Waals surface area contributed by atoms with Crippen molar-refractivity contribution in [3.63, 3.8) is 0 Å². The van der Waals surface area contributed by atoms with Gasteiger partial charge in [0.05, 0.1) is 22.8 Å². The monoisotopic (exact) mass is 559 g/mol. The first-order chi connectivity index (χ1) is 17.1. The fraction of sp³-hybridized carbons (Fsp3) is 0.217. The van der Waals surface area contributed by atoms with Crippen molar-refractivity contribution < 1.29 is 29.4 Å². The highest BCUT2D eigenvalue weighted by Gasteiger charge is 2.22. The molecule has 0 radical (unpaired) electrons. The van der Waals surface area contributed by atoms with Gasteiger partial charge >= 0.3 is 11.9 Å². The van der Waals surface area contributed by atoms with Crippen LogP contribution in [0.1, 0.15) is 28.8 Å². The van der Waals surface area contributed by atoms with Gasteiger partial charge in [-0.25, -0.2) is 9.78 Å². The first-order valence-corrected chi connectivity index (χ1v) is 11.7. The van der Waals surface area contributed by atoms with Crippen LogP contribution in [0.3, 0.4) is 0 Å². The standard InChI is InChI=1S/C23H22BrN5O7/c24-10-18(30)29(11-12-1-6-16-15(9-12)21(34)28-23(25)27-16)14-4-2-13(3-5-14)20(33)26-17(22(35)36)7-8-19(31)32/h1-6,9,17H,7-8,10-11H2,(H,26,33)(H,31,32)(H,35,36)(H3,25,27,28,34)/t17-/m0/s1. The Morgan fingerprint density at radius 1 is 1.11 bits per heavy atom. The van der Waals surface area contributed by atoms with Crippen LogP contribution in [0, 0.1) is 0 Å². The van der Waals surface area contributed by atoms with Crippen molar-refractivity contribution >= 4 is 62.2 Å². The predicted octanol–water partition coefficient (Wildman–Crippen LogP) is 1.48. The number of carbonyl (C=O) groups excluding carboxylic acids is 2. The van der Waals surface area contributed by atoms with E-state index in [4.69, 9.17) is 10.8 Å². The maximum absolute atomic E-state index is 12.6. The number of amides is 2. The number of hydrogen-bond donors (Lipinski definition) is 5. The van der Waals surface area contributed by atoms with Crippen molar-refractivity contribution in [1.82, 2.24) is 15.3 Å². The summed E-state index contributed by atoms with van der Waals surface area (Å²) in [5, 5.41) is 20.6. The molecule has 1 atom stereocenters. The number of nitrogens with zero attached hydrogens (tertiary/aromatic N) is 2. The molecule has 0 aliphatic carbocycles. The van der Waals surface area contributed by atoms with Gasteiger partial charge in [0.1, 0.15) is 6.04 Å². The van der Waals surface area contributed by atoms with Crippen molar-refractivity contribution in [3.8, 4) is 0 Å². The Kier molecular flexibility index (Phi) is 8.38. The minimum atomic E-state index is -1.36. The largest absolute Gasteiger partial charge is 0.481 e. The number of alkyl halides is 1. The molecule has 0 aliphatic rings. The van der Waals surface area contributed by atoms with Gasteiger partial charge in [0.15, 0.2) is 0 Å². The average Bonchev–Trinajstić information content (AvgIpc) is 2.84. The van der Waals surface area contributed by atoms with E-state index in [1.807, 2.05) is 0 Å². The van der Waals surface area contributed by atoms with E-state index in [0.717, 1.165) is 0 Å². The number of halogens is 1. The SMILES string of the molecule is Nc1nc2ccc(CN(C(=O)CBr)c3ccc(C(=O)N[C@@H](CCC(=O)O)C(=O)O)cc3)cc2c(=O)[nH]1. The summed E-state index contributed by atoms with van der Waals surface area (Å²) in [7, 11) is 0. The number of fused-ring (bicyclic) bond motifs is 1. The molecule has 0 unspecified atom stereocenters. The van der Waals surface area contributed by atoms with Crippen molar-refractivity contribution in [2.24, 2.45) is 0 Å². The third-order valence-corrected chi connectivity index (χ3v) is 5.72. The molecule has 0 spiro atoms. The van der Waals surface area contributed by atoms with E-state index >= 15 is 0 Å². The van der Waals surface area contributed by atoms with Gasteiger partial charge in [-0.3, -0.25) is 24.2 Å². The first kappa shape index (κ1) is 26.3. The number of benzene rings is 2. The molecule has 0 saturated carbocycles. The number of aliphatic carboxylic acids is 2. The summed E-state index contributed by atoms with van der Waals surface area (Å²) in [5.41, 5.74) is 6.82. The average molecular weight is 560 g/mol. The number of nitrogen functional groups attached to an aromatic ring is 1. The van der Waals surface area contributed by atoms with E-state index in [-0.39, 0.29) is 35.7 Å². The van der Waals surface area contributed by atoms with E-state index < -0.39 is 35.9 Å². The zero-order valence-electron chi connectivity index (χ0n) is 18.7. The van der Waals surface area contributed by atoms with Gasteiger partial charge in [0.2, 0.25) is 11.9 Å². The Morgan fingerprint density at radius 3 is 2.42 bits per heavy atom. The number of carboxylic acid groups (broad SMARTS) is 2. The molecule has 2 amide bonds. The Morgan fingerprint density at radius 2 is 1.81 bits per heavy atom. The van der Waals surface area contributed by atoms with Gasteiger partial charge in [-0.2, -0.15) is 0 Å². The normalized spacial score (nSPS) is 11.6. The molecular formula is C23H22BrN5O7. The number of anilines is 2. The summed E-state index contributed by atoms with van der Waals surface area (Å²) < 4.78 is 0. The Labute approximate surface area is 212 Å². The number of H-pyrrole nitrogens is 1. The molecule has 3 rings (SSSR count). The number of nitrogens with one attached hydrogen (secondary N) is 2. The molecule has 13 heteroatoms. The quantitative estimate of drug-likeness (QED) is 0.228. The van der Waals surface area contributed by atoms with Crippen LogP contribution >= 0.6 is 15.9 Å². The van der Waals surface area contributed by atoms with Crippen molar-refractivity contribution in [3.05, 3.63) is 63.9 Å². The minimum absolute atomic E-state index is 0.00275. The third kappa shape index (κ3) is 6.44. The maximum atomic E-state index is 12.6. The lowest BCUT2D eigenvalue weighted by Gasteiger charge is -2.23. The number of hydrogen-bond acceptors (Lipinski definition) is 7. The molecule has 0 fully saturated rings. The fourth-order valence-corrected chi connectivity index (χ4v) is 3.74. The van der Waals surface area contributed by atoms with E-state index in [2.05, 4.69) is 31.2 Å². The lowest BCUT2D eigenvalue weighted by Crippen LogP contribution is -2.41. The molecule has 0 saturated heterocycles. The van der Waals surface area contributed by atoms with Gasteiger partial charge in [-0.1, -0.05) is 22.0 Å². The summed E-state index contributed by atoms with van der Waals surface area (Å²) in [6, 6.07) is 9.50. The van der Waals surface area contributed by atoms with Crippen LogP contribution in [0.5, 0.6) is 0 Å². The molecule has 0 aliphatic heterocycles. The molecular weight excluding hydrogens is 538 g/mol. The molecule has 1 heterocycles. The van der Waals surface area contributed by atoms with E-state index in [9.17, 15) is 29.1 Å². The number of carbonyl (C=O) groups is 4. The van der Waals surface area contributed by atoms with Crippen LogP contribution < -0.4 is 21.5 Å². The van der Waals surface area contributed by atoms with Crippen molar-refractivity contribution in [2.45, 2.75) is 25.4 Å². The van der Waals surface area contributed by atoms with Crippen LogP contribution in [-0.4, -0.2) is 55.3 Å². The summed E-state index contributed by atoms with van der Waals surface area (Å²) in [4.78, 5) is 67.4. The van der Waals surface area contributed by atoms with Gasteiger partial charge in [0.25, 0.3) is 11.5 Å². The van der Waals surface area contributed by atoms with Crippen LogP contribution in [0.4, 0.5) is 11.6 Å². The van der Waals surface area contributed by atoms with E-state index in [0.29, 0.717) is 22.2 Å². The molecule has 1 aromatic heterocycles. The third-order valence-electron chi connectivity index (χ3n) is 5.24. The second-order valence-electron chi connectivity index (χ2n) is 7.76. The predicted molar refractivity (Wildman–Crippen MR) is 134 cm³/mol. The lowest BCUT2D eigenvalue weighted by atomic mass is 10.1. The second-order valence-corrected chi connectivity index (χ2v) is 8.32. The zero-order chi connectivity index (χ0) is 26.4. The van der Waals surface area contributed by atoms with Crippen molar-refractivity contribution in [1.29, 1.82) is 0 Å². The maximum Gasteiger partial charge on any atom is 0.326 e. The number of rotatable bonds is 10. The van der Waals surface area contributed by atoms with Gasteiger partial charge in [0, 0.05) is 17.7 Å². The Balaban J connectivity index is 1.81. The summed E-state index contributed by atoms with van der Waals surface area (Å²) in [5.74, 6) is -3.50. The summed E-state index contributed by atoms with van der Waals surface area (Å²) in [6.07, 6.45) is -0.678. The molecule has 188 valence electrons. The van der Waals surface area contributed by atoms with Gasteiger partial charge < -0.3 is 26.2 Å². The van der Waals surface area contributed by atoms with Gasteiger partial charge in [-0.15, -0.1) is 0 Å². The van der Waals surface area contributed by atoms with E-state index in [1.165, 1.54) is 29.2 Å². The first-order valence-electron chi connectivity index (χ1n) is 10.6. The topological polar surface area (TPSA) is 196 Å². The highest BCUT2D eigenvalue weighted by atomic mass is 79.9. The minimum Gasteiger partial charge on any atom is -0.481 e. The molecule has 36 heavy (non-hydrogen) atoms. The van der Waals surface area contributed by atoms with Crippen LogP contribution in [0.2, 0.25) is 0 Å². The summed E-state index contributed by atoms with van der Waals surface area (Å²) in [6.45, 7) is 0.117. The molecule has 3 aromatic rings. The molecule has 2 aromatic carbocycles. The summed E-state index contributed by atoms with van der Waals surface area (Å²) >= 11 is 3.16. The highest BCUT2D eigenvalue weighted by molar-refractivity contribution is 9.09. The van der Waals surface area contributed by atoms with Crippen LogP contribution in [0.25, 0.3) is 10.9 Å². The number of nitrogens with two attached hydrogens (primary N) is 1. The molecule has 0 bridgehead atoms. The Hall–Kier alpha value is -4.26. The molecule has 6 N–H and O–H groups in total. The van der Waals surface area contributed by atoms with Crippen molar-refractivity contribution in [2.75, 3.05) is 16.0 Å².